The number of hydrogen-bond donors (Lipinski definition) is 3. The van der Waals surface area contributed by atoms with Gasteiger partial charge in [-0.15, -0.1) is 0 Å². The van der Waals surface area contributed by atoms with E-state index in [4.69, 9.17) is 11.5 Å². The van der Waals surface area contributed by atoms with Gasteiger partial charge in [0.15, 0.2) is 5.69 Å². The molecule has 1 fully saturated rings. The third kappa shape index (κ3) is 5.59. The number of carbonyl (C=O) groups excluding carboxylic acids is 3. The van der Waals surface area contributed by atoms with Crippen LogP contribution in [0.25, 0.3) is 0 Å². The van der Waals surface area contributed by atoms with Crippen molar-refractivity contribution in [2.75, 3.05) is 29.6 Å². The second-order valence-electron chi connectivity index (χ2n) is 9.53. The Morgan fingerprint density at radius 2 is 1.59 bits per heavy atom. The van der Waals surface area contributed by atoms with Gasteiger partial charge in [0.1, 0.15) is 10.9 Å². The van der Waals surface area contributed by atoms with Crippen molar-refractivity contribution in [3.05, 3.63) is 70.2 Å². The summed E-state index contributed by atoms with van der Waals surface area (Å²) in [5.74, 6) is -1.63. The van der Waals surface area contributed by atoms with Crippen LogP contribution in [0.5, 0.6) is 0 Å². The highest BCUT2D eigenvalue weighted by atomic mass is 32.1. The van der Waals surface area contributed by atoms with E-state index in [-0.39, 0.29) is 28.2 Å². The zero-order valence-electron chi connectivity index (χ0n) is 21.2. The molecule has 1 aliphatic carbocycles. The van der Waals surface area contributed by atoms with Crippen molar-refractivity contribution >= 4 is 46.3 Å². The van der Waals surface area contributed by atoms with E-state index in [1.165, 1.54) is 4.90 Å². The van der Waals surface area contributed by atoms with Crippen molar-refractivity contribution in [3.8, 4) is 0 Å². The lowest BCUT2D eigenvalue weighted by molar-refractivity contribution is -0.123. The average Bonchev–Trinajstić information content (AvgIpc) is 3.52. The summed E-state index contributed by atoms with van der Waals surface area (Å²) in [6.07, 6.45) is 3.92. The number of aromatic nitrogens is 1. The molecule has 1 saturated carbocycles. The summed E-state index contributed by atoms with van der Waals surface area (Å²) >= 11 is 0.797. The summed E-state index contributed by atoms with van der Waals surface area (Å²) in [4.78, 5) is 43.2. The van der Waals surface area contributed by atoms with Crippen molar-refractivity contribution in [2.45, 2.75) is 44.7 Å². The number of nitrogens with one attached hydrogen (secondary N) is 1. The van der Waals surface area contributed by atoms with Crippen LogP contribution in [0, 0.1) is 6.92 Å². The summed E-state index contributed by atoms with van der Waals surface area (Å²) < 4.78 is 4.01. The Bertz CT molecular complexity index is 1280. The summed E-state index contributed by atoms with van der Waals surface area (Å²) in [5, 5.41) is 3.16. The maximum atomic E-state index is 14.1. The molecule has 0 saturated heterocycles. The number of hydrogen-bond acceptors (Lipinski definition) is 7. The van der Waals surface area contributed by atoms with Crippen molar-refractivity contribution in [3.63, 3.8) is 0 Å². The van der Waals surface area contributed by atoms with Crippen molar-refractivity contribution < 1.29 is 14.4 Å². The number of aryl methyl sites for hydroxylation is 1. The number of benzene rings is 2. The molecule has 0 aliphatic heterocycles. The van der Waals surface area contributed by atoms with Gasteiger partial charge in [-0.3, -0.25) is 19.3 Å². The van der Waals surface area contributed by atoms with Gasteiger partial charge in [-0.25, -0.2) is 0 Å². The molecular formula is C27H32N6O3S. The number of primary amides is 1. The number of amides is 3. The zero-order valence-corrected chi connectivity index (χ0v) is 22.0. The molecule has 1 aliphatic rings. The van der Waals surface area contributed by atoms with E-state index in [1.54, 1.807) is 12.1 Å². The average molecular weight is 521 g/mol. The van der Waals surface area contributed by atoms with E-state index in [0.29, 0.717) is 11.3 Å². The van der Waals surface area contributed by atoms with Crippen molar-refractivity contribution in [1.82, 2.24) is 9.69 Å². The third-order valence-corrected chi connectivity index (χ3v) is 7.47. The van der Waals surface area contributed by atoms with Crippen LogP contribution >= 0.6 is 11.5 Å². The Morgan fingerprint density at radius 1 is 1.00 bits per heavy atom. The van der Waals surface area contributed by atoms with Crippen LogP contribution in [-0.2, 0) is 4.79 Å². The fraction of sp³-hybridized carbons (Fsp3) is 0.333. The lowest BCUT2D eigenvalue weighted by Gasteiger charge is -2.32. The van der Waals surface area contributed by atoms with Gasteiger partial charge >= 0.3 is 0 Å². The molecule has 1 heterocycles. The van der Waals surface area contributed by atoms with Gasteiger partial charge in [0.05, 0.1) is 5.69 Å². The summed E-state index contributed by atoms with van der Waals surface area (Å²) in [7, 11) is 3.87. The van der Waals surface area contributed by atoms with E-state index in [1.807, 2.05) is 62.3 Å². The Hall–Kier alpha value is -3.92. The molecule has 0 bridgehead atoms. The monoisotopic (exact) mass is 520 g/mol. The standard InChI is InChI=1S/C27H32N6O3S/c1-16-8-12-20(13-9-16)33(27(36)24-21(28)22(25(29)34)31-37-24)23(26(35)30-18-6-4-5-7-18)17-10-14-19(15-11-17)32(2)3/h8-15,18,23H,4-7,28H2,1-3H3,(H2,29,34)(H,30,35). The molecule has 1 aromatic heterocycles. The van der Waals surface area contributed by atoms with Gasteiger partial charge in [0, 0.05) is 31.5 Å². The lowest BCUT2D eigenvalue weighted by atomic mass is 10.0. The molecule has 2 aromatic carbocycles. The van der Waals surface area contributed by atoms with Crippen LogP contribution in [0.2, 0.25) is 0 Å². The maximum Gasteiger partial charge on any atom is 0.273 e. The van der Waals surface area contributed by atoms with Gasteiger partial charge < -0.3 is 21.7 Å². The third-order valence-electron chi connectivity index (χ3n) is 6.62. The molecule has 0 spiro atoms. The van der Waals surface area contributed by atoms with Gasteiger partial charge in [-0.2, -0.15) is 4.37 Å². The van der Waals surface area contributed by atoms with E-state index >= 15 is 0 Å². The van der Waals surface area contributed by atoms with Crippen LogP contribution in [0.15, 0.2) is 48.5 Å². The topological polar surface area (TPSA) is 135 Å². The van der Waals surface area contributed by atoms with Gasteiger partial charge in [-0.1, -0.05) is 42.7 Å². The molecule has 3 aromatic rings. The number of anilines is 3. The molecule has 3 amide bonds. The quantitative estimate of drug-likeness (QED) is 0.415. The molecule has 9 nitrogen and oxygen atoms in total. The Balaban J connectivity index is 1.85. The molecule has 0 radical (unpaired) electrons. The SMILES string of the molecule is Cc1ccc(N(C(=O)c2snc(C(N)=O)c2N)C(C(=O)NC2CCCC2)c2ccc(N(C)C)cc2)cc1. The molecule has 1 atom stereocenters. The minimum absolute atomic E-state index is 0.0537. The first-order valence-corrected chi connectivity index (χ1v) is 13.0. The van der Waals surface area contributed by atoms with E-state index in [2.05, 4.69) is 9.69 Å². The van der Waals surface area contributed by atoms with Crippen LogP contribution < -0.4 is 26.6 Å². The number of nitrogen functional groups attached to an aromatic ring is 1. The van der Waals surface area contributed by atoms with Crippen molar-refractivity contribution in [2.24, 2.45) is 5.73 Å². The van der Waals surface area contributed by atoms with Gasteiger partial charge in [0.25, 0.3) is 11.8 Å². The van der Waals surface area contributed by atoms with Crippen LogP contribution in [-0.4, -0.2) is 42.2 Å². The fourth-order valence-electron chi connectivity index (χ4n) is 4.55. The van der Waals surface area contributed by atoms with Crippen LogP contribution in [0.1, 0.15) is 63.0 Å². The molecule has 10 heteroatoms. The highest BCUT2D eigenvalue weighted by molar-refractivity contribution is 7.09. The Kier molecular flexibility index (Phi) is 7.77. The lowest BCUT2D eigenvalue weighted by Crippen LogP contribution is -2.46. The first-order valence-electron chi connectivity index (χ1n) is 12.2. The largest absolute Gasteiger partial charge is 0.395 e. The Labute approximate surface area is 220 Å². The summed E-state index contributed by atoms with van der Waals surface area (Å²) in [6.45, 7) is 1.94. The predicted molar refractivity (Wildman–Crippen MR) is 147 cm³/mol. The number of carbonyl (C=O) groups is 3. The summed E-state index contributed by atoms with van der Waals surface area (Å²) in [5.41, 5.74) is 14.4. The van der Waals surface area contributed by atoms with Crippen LogP contribution in [0.4, 0.5) is 17.1 Å². The van der Waals surface area contributed by atoms with Gasteiger partial charge in [0.2, 0.25) is 5.91 Å². The molecule has 194 valence electrons. The number of nitrogens with zero attached hydrogens (tertiary/aromatic N) is 3. The molecule has 37 heavy (non-hydrogen) atoms. The molecular weight excluding hydrogens is 488 g/mol. The second kappa shape index (κ2) is 11.0. The Morgan fingerprint density at radius 3 is 2.14 bits per heavy atom. The van der Waals surface area contributed by atoms with Crippen molar-refractivity contribution in [1.29, 1.82) is 0 Å². The van der Waals surface area contributed by atoms with E-state index < -0.39 is 17.9 Å². The predicted octanol–water partition coefficient (Wildman–Crippen LogP) is 3.65. The normalized spacial score (nSPS) is 14.2. The highest BCUT2D eigenvalue weighted by Gasteiger charge is 2.37. The second-order valence-corrected chi connectivity index (χ2v) is 10.3. The fourth-order valence-corrected chi connectivity index (χ4v) is 5.29. The highest BCUT2D eigenvalue weighted by Crippen LogP contribution is 2.34. The minimum atomic E-state index is -0.981. The summed E-state index contributed by atoms with van der Waals surface area (Å²) in [6, 6.07) is 14.0. The zero-order chi connectivity index (χ0) is 26.7. The molecule has 5 N–H and O–H groups in total. The van der Waals surface area contributed by atoms with E-state index in [9.17, 15) is 14.4 Å². The molecule has 4 rings (SSSR count). The molecule has 1 unspecified atom stereocenters. The first kappa shape index (κ1) is 26.2. The van der Waals surface area contributed by atoms with Gasteiger partial charge in [-0.05, 0) is 61.1 Å². The maximum absolute atomic E-state index is 14.1. The minimum Gasteiger partial charge on any atom is -0.395 e. The van der Waals surface area contributed by atoms with Crippen LogP contribution in [0.3, 0.4) is 0 Å². The smallest absolute Gasteiger partial charge is 0.273 e. The van der Waals surface area contributed by atoms with E-state index in [0.717, 1.165) is 48.5 Å². The number of rotatable bonds is 8. The number of nitrogens with two attached hydrogens (primary N) is 2. The first-order chi connectivity index (χ1) is 17.7.